The van der Waals surface area contributed by atoms with Crippen LogP contribution < -0.4 is 0 Å². The van der Waals surface area contributed by atoms with Gasteiger partial charge < -0.3 is 5.11 Å². The molecule has 0 saturated heterocycles. The predicted octanol–water partition coefficient (Wildman–Crippen LogP) is 4.19. The monoisotopic (exact) mass is 236 g/mol. The van der Waals surface area contributed by atoms with Gasteiger partial charge in [-0.1, -0.05) is 42.5 Å². The van der Waals surface area contributed by atoms with Gasteiger partial charge in [0.15, 0.2) is 0 Å². The molecule has 1 heteroatoms. The van der Waals surface area contributed by atoms with Gasteiger partial charge in [0.1, 0.15) is 5.75 Å². The van der Waals surface area contributed by atoms with Gasteiger partial charge in [-0.15, -0.1) is 0 Å². The van der Waals surface area contributed by atoms with Crippen LogP contribution in [0.5, 0.6) is 5.75 Å². The van der Waals surface area contributed by atoms with Crippen LogP contribution in [0.2, 0.25) is 0 Å². The Labute approximate surface area is 107 Å². The largest absolute Gasteiger partial charge is 0.508 e. The van der Waals surface area contributed by atoms with Gasteiger partial charge in [0, 0.05) is 5.56 Å². The van der Waals surface area contributed by atoms with Crippen molar-refractivity contribution < 1.29 is 5.11 Å². The van der Waals surface area contributed by atoms with Crippen LogP contribution in [0.1, 0.15) is 28.7 Å². The van der Waals surface area contributed by atoms with Crippen molar-refractivity contribution in [2.45, 2.75) is 19.8 Å². The molecular formula is C17H16O. The van der Waals surface area contributed by atoms with Crippen LogP contribution >= 0.6 is 0 Å². The minimum absolute atomic E-state index is 0.446. The SMILES string of the molecule is Cc1cc(O)c2c(c1)C(=Cc1ccccc1)CC2. The number of aromatic hydroxyl groups is 1. The zero-order valence-electron chi connectivity index (χ0n) is 10.5. The normalized spacial score (nSPS) is 15.9. The Morgan fingerprint density at radius 3 is 2.61 bits per heavy atom. The third kappa shape index (κ3) is 1.92. The van der Waals surface area contributed by atoms with Gasteiger partial charge in [0.2, 0.25) is 0 Å². The smallest absolute Gasteiger partial charge is 0.119 e. The average molecular weight is 236 g/mol. The molecule has 1 aliphatic carbocycles. The molecule has 0 aliphatic heterocycles. The van der Waals surface area contributed by atoms with E-state index in [0.29, 0.717) is 5.75 Å². The van der Waals surface area contributed by atoms with E-state index < -0.39 is 0 Å². The van der Waals surface area contributed by atoms with Crippen molar-refractivity contribution in [3.8, 4) is 5.75 Å². The number of fused-ring (bicyclic) bond motifs is 1. The van der Waals surface area contributed by atoms with Crippen molar-refractivity contribution >= 4 is 11.6 Å². The molecule has 0 spiro atoms. The summed E-state index contributed by atoms with van der Waals surface area (Å²) in [4.78, 5) is 0. The molecular weight excluding hydrogens is 220 g/mol. The molecule has 0 radical (unpaired) electrons. The van der Waals surface area contributed by atoms with Gasteiger partial charge >= 0.3 is 0 Å². The quantitative estimate of drug-likeness (QED) is 0.787. The molecule has 90 valence electrons. The highest BCUT2D eigenvalue weighted by Crippen LogP contribution is 2.39. The fourth-order valence-electron chi connectivity index (χ4n) is 2.64. The van der Waals surface area contributed by atoms with E-state index in [1.807, 2.05) is 19.1 Å². The molecule has 1 N–H and O–H groups in total. The first-order valence-corrected chi connectivity index (χ1v) is 6.32. The first-order chi connectivity index (χ1) is 8.74. The van der Waals surface area contributed by atoms with Crippen molar-refractivity contribution in [2.24, 2.45) is 0 Å². The summed E-state index contributed by atoms with van der Waals surface area (Å²) < 4.78 is 0. The molecule has 1 nitrogen and oxygen atoms in total. The second-order valence-electron chi connectivity index (χ2n) is 4.89. The molecule has 18 heavy (non-hydrogen) atoms. The summed E-state index contributed by atoms with van der Waals surface area (Å²) >= 11 is 0. The maximum absolute atomic E-state index is 9.97. The van der Waals surface area contributed by atoms with E-state index in [9.17, 15) is 5.11 Å². The summed E-state index contributed by atoms with van der Waals surface area (Å²) in [5.41, 5.74) is 5.99. The minimum Gasteiger partial charge on any atom is -0.508 e. The minimum atomic E-state index is 0.446. The Morgan fingerprint density at radius 2 is 1.83 bits per heavy atom. The van der Waals surface area contributed by atoms with Crippen LogP contribution in [-0.2, 0) is 6.42 Å². The van der Waals surface area contributed by atoms with Gasteiger partial charge in [0.05, 0.1) is 0 Å². The van der Waals surface area contributed by atoms with E-state index in [2.05, 4.69) is 36.4 Å². The lowest BCUT2D eigenvalue weighted by molar-refractivity contribution is 0.468. The summed E-state index contributed by atoms with van der Waals surface area (Å²) in [6.45, 7) is 2.03. The van der Waals surface area contributed by atoms with Crippen LogP contribution in [0.15, 0.2) is 42.5 Å². The Morgan fingerprint density at radius 1 is 1.06 bits per heavy atom. The zero-order valence-corrected chi connectivity index (χ0v) is 10.5. The third-order valence-corrected chi connectivity index (χ3v) is 3.50. The number of allylic oxidation sites excluding steroid dienone is 1. The molecule has 0 saturated carbocycles. The molecule has 3 rings (SSSR count). The third-order valence-electron chi connectivity index (χ3n) is 3.50. The lowest BCUT2D eigenvalue weighted by Crippen LogP contribution is -1.85. The summed E-state index contributed by atoms with van der Waals surface area (Å²) in [5.74, 6) is 0.446. The van der Waals surface area contributed by atoms with Crippen molar-refractivity contribution in [1.82, 2.24) is 0 Å². The Kier molecular flexibility index (Phi) is 2.67. The van der Waals surface area contributed by atoms with Crippen LogP contribution in [0.25, 0.3) is 11.6 Å². The molecule has 2 aromatic carbocycles. The summed E-state index contributed by atoms with van der Waals surface area (Å²) in [6.07, 6.45) is 4.19. The number of hydrogen-bond donors (Lipinski definition) is 1. The molecule has 0 bridgehead atoms. The summed E-state index contributed by atoms with van der Waals surface area (Å²) in [6, 6.07) is 14.4. The van der Waals surface area contributed by atoms with Crippen LogP contribution in [0, 0.1) is 6.92 Å². The lowest BCUT2D eigenvalue weighted by atomic mass is 10.0. The van der Waals surface area contributed by atoms with Crippen molar-refractivity contribution in [3.63, 3.8) is 0 Å². The Bertz CT molecular complexity index is 609. The van der Waals surface area contributed by atoms with Gasteiger partial charge in [-0.05, 0) is 48.1 Å². The molecule has 0 aromatic heterocycles. The van der Waals surface area contributed by atoms with Crippen LogP contribution in [0.4, 0.5) is 0 Å². The summed E-state index contributed by atoms with van der Waals surface area (Å²) in [7, 11) is 0. The maximum Gasteiger partial charge on any atom is 0.119 e. The molecule has 0 unspecified atom stereocenters. The predicted molar refractivity (Wildman–Crippen MR) is 75.5 cm³/mol. The molecule has 2 aromatic rings. The fraction of sp³-hybridized carbons (Fsp3) is 0.176. The van der Waals surface area contributed by atoms with E-state index in [-0.39, 0.29) is 0 Å². The van der Waals surface area contributed by atoms with Crippen LogP contribution in [-0.4, -0.2) is 5.11 Å². The zero-order chi connectivity index (χ0) is 12.5. The standard InChI is InChI=1S/C17H16O/c1-12-9-16-14(7-8-15(16)17(18)10-12)11-13-5-3-2-4-6-13/h2-6,9-11,18H,7-8H2,1H3. The average Bonchev–Trinajstić information content (AvgIpc) is 2.74. The highest BCUT2D eigenvalue weighted by molar-refractivity contribution is 5.86. The number of phenols is 1. The molecule has 0 heterocycles. The van der Waals surface area contributed by atoms with E-state index in [4.69, 9.17) is 0 Å². The second-order valence-corrected chi connectivity index (χ2v) is 4.89. The highest BCUT2D eigenvalue weighted by Gasteiger charge is 2.19. The molecule has 0 fully saturated rings. The Hall–Kier alpha value is -2.02. The van der Waals surface area contributed by atoms with Crippen molar-refractivity contribution in [3.05, 3.63) is 64.7 Å². The first kappa shape index (κ1) is 11.1. The number of rotatable bonds is 1. The van der Waals surface area contributed by atoms with Crippen molar-refractivity contribution in [1.29, 1.82) is 0 Å². The fourth-order valence-corrected chi connectivity index (χ4v) is 2.64. The maximum atomic E-state index is 9.97. The molecule has 0 atom stereocenters. The van der Waals surface area contributed by atoms with E-state index in [1.54, 1.807) is 0 Å². The number of hydrogen-bond acceptors (Lipinski definition) is 1. The highest BCUT2D eigenvalue weighted by atomic mass is 16.3. The van der Waals surface area contributed by atoms with Gasteiger partial charge in [0.25, 0.3) is 0 Å². The van der Waals surface area contributed by atoms with Gasteiger partial charge in [-0.2, -0.15) is 0 Å². The second kappa shape index (κ2) is 4.34. The van der Waals surface area contributed by atoms with E-state index in [1.165, 1.54) is 16.7 Å². The number of phenolic OH excluding ortho intramolecular Hbond substituents is 1. The molecule has 0 amide bonds. The first-order valence-electron chi connectivity index (χ1n) is 6.32. The van der Waals surface area contributed by atoms with Gasteiger partial charge in [-0.3, -0.25) is 0 Å². The Balaban J connectivity index is 2.08. The number of aryl methyl sites for hydroxylation is 1. The molecule has 1 aliphatic rings. The summed E-state index contributed by atoms with van der Waals surface area (Å²) in [5, 5.41) is 9.97. The van der Waals surface area contributed by atoms with Crippen molar-refractivity contribution in [2.75, 3.05) is 0 Å². The topological polar surface area (TPSA) is 20.2 Å². The van der Waals surface area contributed by atoms with E-state index >= 15 is 0 Å². The van der Waals surface area contributed by atoms with Gasteiger partial charge in [-0.25, -0.2) is 0 Å². The number of benzene rings is 2. The van der Waals surface area contributed by atoms with E-state index in [0.717, 1.165) is 24.0 Å². The lowest BCUT2D eigenvalue weighted by Gasteiger charge is -2.05. The van der Waals surface area contributed by atoms with Crippen LogP contribution in [0.3, 0.4) is 0 Å².